The van der Waals surface area contributed by atoms with Crippen molar-refractivity contribution < 1.29 is 24.2 Å². The van der Waals surface area contributed by atoms with Gasteiger partial charge in [0.05, 0.1) is 11.6 Å². The van der Waals surface area contributed by atoms with Crippen LogP contribution in [0.3, 0.4) is 0 Å². The van der Waals surface area contributed by atoms with Gasteiger partial charge < -0.3 is 20.5 Å². The molecule has 7 heteroatoms. The number of benzene rings is 2. The van der Waals surface area contributed by atoms with Crippen molar-refractivity contribution in [2.45, 2.75) is 12.3 Å². The number of carbonyl (C=O) groups excluding carboxylic acids is 2. The van der Waals surface area contributed by atoms with Gasteiger partial charge in [0.2, 0.25) is 5.91 Å². The minimum atomic E-state index is -1.06. The Labute approximate surface area is 143 Å². The van der Waals surface area contributed by atoms with Crippen LogP contribution in [0.25, 0.3) is 0 Å². The Bertz CT molecular complexity index is 819. The number of hydrogen-bond acceptors (Lipinski definition) is 4. The van der Waals surface area contributed by atoms with Gasteiger partial charge >= 0.3 is 5.97 Å². The van der Waals surface area contributed by atoms with E-state index in [9.17, 15) is 19.5 Å². The zero-order chi connectivity index (χ0) is 17.8. The number of hydrogen-bond donors (Lipinski definition) is 3. The van der Waals surface area contributed by atoms with Crippen LogP contribution in [0.5, 0.6) is 5.75 Å². The molecule has 3 N–H and O–H groups in total. The Morgan fingerprint density at radius 1 is 1.20 bits per heavy atom. The SMILES string of the molecule is O=C(CC(C(=O)O)c1ccccc1)Nc1ccc2c(c1)NC(=O)CO2. The topological polar surface area (TPSA) is 105 Å². The predicted molar refractivity (Wildman–Crippen MR) is 90.6 cm³/mol. The highest BCUT2D eigenvalue weighted by Crippen LogP contribution is 2.30. The minimum Gasteiger partial charge on any atom is -0.482 e. The van der Waals surface area contributed by atoms with E-state index < -0.39 is 17.8 Å². The molecule has 1 aliphatic heterocycles. The van der Waals surface area contributed by atoms with Crippen molar-refractivity contribution in [3.63, 3.8) is 0 Å². The Morgan fingerprint density at radius 2 is 1.96 bits per heavy atom. The van der Waals surface area contributed by atoms with Crippen LogP contribution in [0, 0.1) is 0 Å². The normalized spacial score (nSPS) is 13.8. The number of carboxylic acid groups (broad SMARTS) is 1. The molecule has 7 nitrogen and oxygen atoms in total. The molecule has 0 aliphatic carbocycles. The largest absolute Gasteiger partial charge is 0.482 e. The number of rotatable bonds is 5. The number of carboxylic acids is 1. The number of fused-ring (bicyclic) bond motifs is 1. The quantitative estimate of drug-likeness (QED) is 0.774. The highest BCUT2D eigenvalue weighted by molar-refractivity contribution is 5.98. The summed E-state index contributed by atoms with van der Waals surface area (Å²) in [6.45, 7) is -0.0456. The summed E-state index contributed by atoms with van der Waals surface area (Å²) in [5.74, 6) is -2.18. The van der Waals surface area contributed by atoms with Crippen molar-refractivity contribution in [3.05, 3.63) is 54.1 Å². The Morgan fingerprint density at radius 3 is 2.68 bits per heavy atom. The van der Waals surface area contributed by atoms with Crippen LogP contribution < -0.4 is 15.4 Å². The minimum absolute atomic E-state index is 0.0456. The van der Waals surface area contributed by atoms with Crippen LogP contribution in [0.1, 0.15) is 17.9 Å². The summed E-state index contributed by atoms with van der Waals surface area (Å²) in [6.07, 6.45) is -0.195. The average molecular weight is 340 g/mol. The second kappa shape index (κ2) is 7.04. The molecule has 2 aromatic carbocycles. The molecule has 1 heterocycles. The van der Waals surface area contributed by atoms with E-state index in [0.29, 0.717) is 22.7 Å². The van der Waals surface area contributed by atoms with Gasteiger partial charge in [0.25, 0.3) is 5.91 Å². The maximum absolute atomic E-state index is 12.2. The molecule has 2 aromatic rings. The van der Waals surface area contributed by atoms with Crippen molar-refractivity contribution in [3.8, 4) is 5.75 Å². The molecule has 0 bridgehead atoms. The maximum Gasteiger partial charge on any atom is 0.311 e. The monoisotopic (exact) mass is 340 g/mol. The van der Waals surface area contributed by atoms with Crippen molar-refractivity contribution in [2.75, 3.05) is 17.2 Å². The second-order valence-electron chi connectivity index (χ2n) is 5.60. The number of anilines is 2. The summed E-state index contributed by atoms with van der Waals surface area (Å²) in [4.78, 5) is 35.1. The van der Waals surface area contributed by atoms with Gasteiger partial charge in [0.15, 0.2) is 6.61 Å². The van der Waals surface area contributed by atoms with E-state index in [1.807, 2.05) is 0 Å². The molecule has 0 saturated carbocycles. The summed E-state index contributed by atoms with van der Waals surface area (Å²) < 4.78 is 5.25. The zero-order valence-electron chi connectivity index (χ0n) is 13.2. The first-order valence-corrected chi connectivity index (χ1v) is 7.67. The molecule has 2 amide bonds. The standard InChI is InChI=1S/C18H16N2O5/c21-16(9-13(18(23)24)11-4-2-1-3-5-11)19-12-6-7-15-14(8-12)20-17(22)10-25-15/h1-8,13H,9-10H2,(H,19,21)(H,20,22)(H,23,24). The van der Waals surface area contributed by atoms with Gasteiger partial charge in [-0.1, -0.05) is 30.3 Å². The van der Waals surface area contributed by atoms with E-state index >= 15 is 0 Å². The first-order chi connectivity index (χ1) is 12.0. The number of amides is 2. The fourth-order valence-electron chi connectivity index (χ4n) is 2.59. The third-order valence-electron chi connectivity index (χ3n) is 3.79. The lowest BCUT2D eigenvalue weighted by Crippen LogP contribution is -2.25. The summed E-state index contributed by atoms with van der Waals surface area (Å²) in [7, 11) is 0. The van der Waals surface area contributed by atoms with Crippen molar-refractivity contribution in [1.82, 2.24) is 0 Å². The van der Waals surface area contributed by atoms with Gasteiger partial charge in [-0.15, -0.1) is 0 Å². The van der Waals surface area contributed by atoms with E-state index in [1.165, 1.54) is 0 Å². The van der Waals surface area contributed by atoms with Crippen LogP contribution in [0.4, 0.5) is 11.4 Å². The van der Waals surface area contributed by atoms with Gasteiger partial charge in [-0.25, -0.2) is 0 Å². The van der Waals surface area contributed by atoms with Gasteiger partial charge in [0, 0.05) is 12.1 Å². The van der Waals surface area contributed by atoms with E-state index in [-0.39, 0.29) is 18.9 Å². The third-order valence-corrected chi connectivity index (χ3v) is 3.79. The summed E-state index contributed by atoms with van der Waals surface area (Å²) in [5.41, 5.74) is 1.48. The molecule has 0 spiro atoms. The third kappa shape index (κ3) is 3.95. The van der Waals surface area contributed by atoms with Crippen molar-refractivity contribution in [2.24, 2.45) is 0 Å². The molecular weight excluding hydrogens is 324 g/mol. The molecule has 0 aromatic heterocycles. The molecule has 1 unspecified atom stereocenters. The van der Waals surface area contributed by atoms with E-state index in [1.54, 1.807) is 48.5 Å². The lowest BCUT2D eigenvalue weighted by molar-refractivity contribution is -0.140. The van der Waals surface area contributed by atoms with Crippen LogP contribution in [-0.2, 0) is 14.4 Å². The lowest BCUT2D eigenvalue weighted by atomic mass is 9.95. The number of aliphatic carboxylic acids is 1. The number of nitrogens with one attached hydrogen (secondary N) is 2. The average Bonchev–Trinajstić information content (AvgIpc) is 2.60. The first kappa shape index (κ1) is 16.5. The van der Waals surface area contributed by atoms with Crippen LogP contribution >= 0.6 is 0 Å². The fourth-order valence-corrected chi connectivity index (χ4v) is 2.59. The fraction of sp³-hybridized carbons (Fsp3) is 0.167. The van der Waals surface area contributed by atoms with Crippen LogP contribution in [0.2, 0.25) is 0 Å². The first-order valence-electron chi connectivity index (χ1n) is 7.67. The van der Waals surface area contributed by atoms with Crippen molar-refractivity contribution in [1.29, 1.82) is 0 Å². The second-order valence-corrected chi connectivity index (χ2v) is 5.60. The molecule has 25 heavy (non-hydrogen) atoms. The molecule has 128 valence electrons. The molecular formula is C18H16N2O5. The van der Waals surface area contributed by atoms with Crippen LogP contribution in [-0.4, -0.2) is 29.5 Å². The summed E-state index contributed by atoms with van der Waals surface area (Å²) >= 11 is 0. The van der Waals surface area contributed by atoms with E-state index in [2.05, 4.69) is 10.6 Å². The molecule has 1 aliphatic rings. The summed E-state index contributed by atoms with van der Waals surface area (Å²) in [5, 5.41) is 14.7. The van der Waals surface area contributed by atoms with Gasteiger partial charge in [0.1, 0.15) is 5.75 Å². The van der Waals surface area contributed by atoms with Gasteiger partial charge in [-0.2, -0.15) is 0 Å². The van der Waals surface area contributed by atoms with E-state index in [4.69, 9.17) is 4.74 Å². The zero-order valence-corrected chi connectivity index (χ0v) is 13.2. The Balaban J connectivity index is 1.70. The Hall–Kier alpha value is -3.35. The van der Waals surface area contributed by atoms with Gasteiger partial charge in [-0.3, -0.25) is 14.4 Å². The highest BCUT2D eigenvalue weighted by Gasteiger charge is 2.23. The number of ether oxygens (including phenoxy) is 1. The molecule has 1 atom stereocenters. The Kier molecular flexibility index (Phi) is 4.65. The lowest BCUT2D eigenvalue weighted by Gasteiger charge is -2.19. The highest BCUT2D eigenvalue weighted by atomic mass is 16.5. The maximum atomic E-state index is 12.2. The molecule has 0 radical (unpaired) electrons. The molecule has 0 fully saturated rings. The smallest absolute Gasteiger partial charge is 0.311 e. The van der Waals surface area contributed by atoms with Crippen LogP contribution in [0.15, 0.2) is 48.5 Å². The van der Waals surface area contributed by atoms with E-state index in [0.717, 1.165) is 0 Å². The summed E-state index contributed by atoms with van der Waals surface area (Å²) in [6, 6.07) is 13.4. The van der Waals surface area contributed by atoms with Gasteiger partial charge in [-0.05, 0) is 23.8 Å². The predicted octanol–water partition coefficient (Wildman–Crippen LogP) is 2.21. The van der Waals surface area contributed by atoms with Crippen molar-refractivity contribution >= 4 is 29.2 Å². The molecule has 3 rings (SSSR count). The number of carbonyl (C=O) groups is 3. The molecule has 0 saturated heterocycles.